The predicted molar refractivity (Wildman–Crippen MR) is 75.7 cm³/mol. The Bertz CT molecular complexity index is 564. The van der Waals surface area contributed by atoms with E-state index in [4.69, 9.17) is 5.73 Å². The van der Waals surface area contributed by atoms with E-state index in [1.165, 1.54) is 17.3 Å². The Morgan fingerprint density at radius 3 is 2.68 bits per heavy atom. The summed E-state index contributed by atoms with van der Waals surface area (Å²) in [6, 6.07) is 8.00. The molecule has 0 spiro atoms. The van der Waals surface area contributed by atoms with Gasteiger partial charge in [-0.15, -0.1) is 5.10 Å². The van der Waals surface area contributed by atoms with Gasteiger partial charge in [-0.3, -0.25) is 9.89 Å². The van der Waals surface area contributed by atoms with Gasteiger partial charge in [0.15, 0.2) is 5.82 Å². The topological polar surface area (TPSA) is 84.7 Å². The van der Waals surface area contributed by atoms with Gasteiger partial charge in [-0.05, 0) is 13.3 Å². The van der Waals surface area contributed by atoms with Crippen LogP contribution < -0.4 is 5.73 Å². The van der Waals surface area contributed by atoms with Gasteiger partial charge in [0.05, 0.1) is 5.25 Å². The Morgan fingerprint density at radius 1 is 1.42 bits per heavy atom. The number of carbonyl (C=O) groups is 1. The van der Waals surface area contributed by atoms with E-state index in [0.29, 0.717) is 17.4 Å². The van der Waals surface area contributed by atoms with Crippen molar-refractivity contribution in [1.82, 2.24) is 15.2 Å². The summed E-state index contributed by atoms with van der Waals surface area (Å²) in [6.45, 7) is 3.94. The maximum Gasteiger partial charge on any atom is 0.231 e. The first-order chi connectivity index (χ1) is 9.10. The molecule has 6 heteroatoms. The van der Waals surface area contributed by atoms with Crippen LogP contribution in [0.1, 0.15) is 18.9 Å². The molecule has 0 aliphatic rings. The van der Waals surface area contributed by atoms with E-state index in [0.717, 1.165) is 5.56 Å². The summed E-state index contributed by atoms with van der Waals surface area (Å²) >= 11 is 1.29. The maximum atomic E-state index is 11.2. The third-order valence-corrected chi connectivity index (χ3v) is 3.97. The number of H-pyrrole nitrogens is 1. The quantitative estimate of drug-likeness (QED) is 0.819. The van der Waals surface area contributed by atoms with Crippen LogP contribution in [0, 0.1) is 6.92 Å². The second kappa shape index (κ2) is 5.88. The monoisotopic (exact) mass is 276 g/mol. The fourth-order valence-electron chi connectivity index (χ4n) is 1.61. The van der Waals surface area contributed by atoms with E-state index in [2.05, 4.69) is 15.2 Å². The highest BCUT2D eigenvalue weighted by Crippen LogP contribution is 2.24. The van der Waals surface area contributed by atoms with Crippen LogP contribution in [0.25, 0.3) is 11.4 Å². The van der Waals surface area contributed by atoms with Crippen LogP contribution in [0.5, 0.6) is 0 Å². The zero-order valence-electron chi connectivity index (χ0n) is 10.9. The first-order valence-electron chi connectivity index (χ1n) is 6.05. The number of hydrogen-bond donors (Lipinski definition) is 2. The molecule has 0 unspecified atom stereocenters. The third kappa shape index (κ3) is 3.35. The minimum atomic E-state index is -0.339. The number of aromatic amines is 1. The van der Waals surface area contributed by atoms with Crippen molar-refractivity contribution in [1.29, 1.82) is 0 Å². The van der Waals surface area contributed by atoms with Crippen LogP contribution in [-0.4, -0.2) is 26.3 Å². The number of amides is 1. The molecule has 0 aliphatic carbocycles. The molecule has 1 amide bonds. The number of aryl methyl sites for hydroxylation is 1. The van der Waals surface area contributed by atoms with Crippen molar-refractivity contribution in [3.63, 3.8) is 0 Å². The predicted octanol–water partition coefficient (Wildman–Crippen LogP) is 2.14. The third-order valence-electron chi connectivity index (χ3n) is 2.73. The second-order valence-corrected chi connectivity index (χ2v) is 5.42. The number of thioether (sulfide) groups is 1. The van der Waals surface area contributed by atoms with Crippen LogP contribution in [0.4, 0.5) is 0 Å². The highest BCUT2D eigenvalue weighted by Gasteiger charge is 2.17. The molecular weight excluding hydrogens is 260 g/mol. The zero-order chi connectivity index (χ0) is 13.8. The first kappa shape index (κ1) is 13.6. The molecule has 0 radical (unpaired) electrons. The molecule has 2 aromatic rings. The lowest BCUT2D eigenvalue weighted by atomic mass is 10.1. The number of aromatic nitrogens is 3. The molecule has 0 fully saturated rings. The SMILES string of the molecule is CC[C@@H](Sc1n[nH]c(-c2ccc(C)cc2)n1)C(N)=O. The van der Waals surface area contributed by atoms with E-state index in [-0.39, 0.29) is 11.2 Å². The van der Waals surface area contributed by atoms with Crippen LogP contribution in [0.3, 0.4) is 0 Å². The summed E-state index contributed by atoms with van der Waals surface area (Å²) < 4.78 is 0. The lowest BCUT2D eigenvalue weighted by Gasteiger charge is -2.05. The molecule has 0 bridgehead atoms. The summed E-state index contributed by atoms with van der Waals surface area (Å²) in [7, 11) is 0. The van der Waals surface area contributed by atoms with Gasteiger partial charge in [-0.2, -0.15) is 0 Å². The lowest BCUT2D eigenvalue weighted by Crippen LogP contribution is -2.24. The fraction of sp³-hybridized carbons (Fsp3) is 0.308. The van der Waals surface area contributed by atoms with Crippen molar-refractivity contribution in [2.24, 2.45) is 5.73 Å². The smallest absolute Gasteiger partial charge is 0.231 e. The number of carbonyl (C=O) groups excluding carboxylic acids is 1. The lowest BCUT2D eigenvalue weighted by molar-refractivity contribution is -0.117. The first-order valence-corrected chi connectivity index (χ1v) is 6.93. The molecule has 19 heavy (non-hydrogen) atoms. The summed E-state index contributed by atoms with van der Waals surface area (Å²) in [5, 5.41) is 7.23. The average Bonchev–Trinajstić information content (AvgIpc) is 2.85. The Hall–Kier alpha value is -1.82. The highest BCUT2D eigenvalue weighted by molar-refractivity contribution is 8.00. The van der Waals surface area contributed by atoms with E-state index in [9.17, 15) is 4.79 Å². The van der Waals surface area contributed by atoms with Crippen LogP contribution in [0.15, 0.2) is 29.4 Å². The normalized spacial score (nSPS) is 12.3. The Kier molecular flexibility index (Phi) is 4.21. The highest BCUT2D eigenvalue weighted by atomic mass is 32.2. The van der Waals surface area contributed by atoms with E-state index >= 15 is 0 Å². The van der Waals surface area contributed by atoms with Crippen molar-refractivity contribution in [2.45, 2.75) is 30.7 Å². The number of primary amides is 1. The van der Waals surface area contributed by atoms with Gasteiger partial charge < -0.3 is 5.73 Å². The maximum absolute atomic E-state index is 11.2. The van der Waals surface area contributed by atoms with Crippen molar-refractivity contribution in [3.05, 3.63) is 29.8 Å². The van der Waals surface area contributed by atoms with Crippen LogP contribution in [-0.2, 0) is 4.79 Å². The molecule has 0 saturated carbocycles. The van der Waals surface area contributed by atoms with Gasteiger partial charge in [-0.1, -0.05) is 48.5 Å². The van der Waals surface area contributed by atoms with Gasteiger partial charge in [0.1, 0.15) is 0 Å². The minimum absolute atomic E-state index is 0.290. The summed E-state index contributed by atoms with van der Waals surface area (Å²) in [5.41, 5.74) is 7.47. The Morgan fingerprint density at radius 2 is 2.11 bits per heavy atom. The Labute approximate surface area is 116 Å². The number of nitrogens with zero attached hydrogens (tertiary/aromatic N) is 2. The second-order valence-electron chi connectivity index (χ2n) is 4.25. The number of benzene rings is 1. The van der Waals surface area contributed by atoms with Gasteiger partial charge in [0.25, 0.3) is 0 Å². The summed E-state index contributed by atoms with van der Waals surface area (Å²) in [5.74, 6) is 0.357. The molecule has 3 N–H and O–H groups in total. The van der Waals surface area contributed by atoms with E-state index in [1.54, 1.807) is 0 Å². The average molecular weight is 276 g/mol. The molecule has 5 nitrogen and oxygen atoms in total. The van der Waals surface area contributed by atoms with E-state index in [1.807, 2.05) is 38.1 Å². The number of hydrogen-bond acceptors (Lipinski definition) is 4. The van der Waals surface area contributed by atoms with Crippen LogP contribution >= 0.6 is 11.8 Å². The Balaban J connectivity index is 2.15. The van der Waals surface area contributed by atoms with Crippen molar-refractivity contribution in [2.75, 3.05) is 0 Å². The standard InChI is InChI=1S/C13H16N4OS/c1-3-10(11(14)18)19-13-15-12(16-17-13)9-6-4-8(2)5-7-9/h4-7,10H,3H2,1-2H3,(H2,14,18)(H,15,16,17)/t10-/m1/s1. The molecule has 1 atom stereocenters. The minimum Gasteiger partial charge on any atom is -0.369 e. The molecule has 1 aromatic heterocycles. The van der Waals surface area contributed by atoms with Gasteiger partial charge in [0.2, 0.25) is 11.1 Å². The summed E-state index contributed by atoms with van der Waals surface area (Å²) in [6.07, 6.45) is 0.661. The molecule has 0 aliphatic heterocycles. The number of nitrogens with two attached hydrogens (primary N) is 1. The van der Waals surface area contributed by atoms with E-state index < -0.39 is 0 Å². The molecule has 1 heterocycles. The molecule has 0 saturated heterocycles. The largest absolute Gasteiger partial charge is 0.369 e. The van der Waals surface area contributed by atoms with Crippen molar-refractivity contribution in [3.8, 4) is 11.4 Å². The number of nitrogens with one attached hydrogen (secondary N) is 1. The van der Waals surface area contributed by atoms with Crippen LogP contribution in [0.2, 0.25) is 0 Å². The van der Waals surface area contributed by atoms with Gasteiger partial charge in [-0.25, -0.2) is 4.98 Å². The molecule has 1 aromatic carbocycles. The molecule has 100 valence electrons. The fourth-order valence-corrected chi connectivity index (χ4v) is 2.39. The van der Waals surface area contributed by atoms with Gasteiger partial charge in [0, 0.05) is 5.56 Å². The molecule has 2 rings (SSSR count). The summed E-state index contributed by atoms with van der Waals surface area (Å²) in [4.78, 5) is 15.6. The van der Waals surface area contributed by atoms with Gasteiger partial charge >= 0.3 is 0 Å². The number of rotatable bonds is 5. The zero-order valence-corrected chi connectivity index (χ0v) is 11.7. The van der Waals surface area contributed by atoms with Crippen molar-refractivity contribution < 1.29 is 4.79 Å². The van der Waals surface area contributed by atoms with Crippen molar-refractivity contribution >= 4 is 17.7 Å². The molecular formula is C13H16N4OS.